The van der Waals surface area contributed by atoms with E-state index in [1.54, 1.807) is 6.08 Å². The Labute approximate surface area is 69.1 Å². The summed E-state index contributed by atoms with van der Waals surface area (Å²) in [5, 5.41) is 18.3. The maximum absolute atomic E-state index is 11.1. The topological polar surface area (TPSA) is 70.3 Å². The van der Waals surface area contributed by atoms with Gasteiger partial charge in [-0.05, 0) is 12.2 Å². The highest BCUT2D eigenvalue weighted by molar-refractivity contribution is 5.85. The average molecular weight is 165 g/mol. The van der Waals surface area contributed by atoms with Crippen LogP contribution in [0.4, 0.5) is 0 Å². The second-order valence-corrected chi connectivity index (χ2v) is 3.05. The van der Waals surface area contributed by atoms with Gasteiger partial charge in [-0.15, -0.1) is 0 Å². The molecular formula is C8H7NO3. The van der Waals surface area contributed by atoms with Crippen LogP contribution in [0.2, 0.25) is 0 Å². The van der Waals surface area contributed by atoms with Crippen molar-refractivity contribution in [3.63, 3.8) is 0 Å². The number of nitriles is 1. The fraction of sp³-hybridized carbons (Fsp3) is 0.500. The lowest BCUT2D eigenvalue weighted by Gasteiger charge is -2.39. The lowest BCUT2D eigenvalue weighted by molar-refractivity contribution is -0.180. The first-order valence-corrected chi connectivity index (χ1v) is 3.69. The predicted molar refractivity (Wildman–Crippen MR) is 37.7 cm³/mol. The second kappa shape index (κ2) is 2.08. The third-order valence-corrected chi connectivity index (χ3v) is 2.31. The molecule has 3 rings (SSSR count). The first-order chi connectivity index (χ1) is 5.66. The van der Waals surface area contributed by atoms with E-state index in [4.69, 9.17) is 10.00 Å². The van der Waals surface area contributed by atoms with E-state index in [0.717, 1.165) is 0 Å². The first kappa shape index (κ1) is 7.32. The zero-order valence-electron chi connectivity index (χ0n) is 6.23. The van der Waals surface area contributed by atoms with Crippen LogP contribution in [-0.2, 0) is 9.53 Å². The molecule has 0 aromatic rings. The lowest BCUT2D eigenvalue weighted by Crippen LogP contribution is -2.54. The molecule has 0 aromatic heterocycles. The van der Waals surface area contributed by atoms with Gasteiger partial charge in [0.15, 0.2) is 5.60 Å². The molecule has 3 aliphatic rings. The van der Waals surface area contributed by atoms with Gasteiger partial charge in [0, 0.05) is 6.42 Å². The van der Waals surface area contributed by atoms with E-state index < -0.39 is 17.5 Å². The number of rotatable bonds is 0. The van der Waals surface area contributed by atoms with Gasteiger partial charge in [0.05, 0.1) is 12.0 Å². The number of fused-ring (bicyclic) bond motifs is 2. The van der Waals surface area contributed by atoms with Gasteiger partial charge in [0.25, 0.3) is 0 Å². The average Bonchev–Trinajstić information content (AvgIpc) is 2.07. The molecule has 3 atom stereocenters. The maximum atomic E-state index is 11.1. The molecule has 4 nitrogen and oxygen atoms in total. The predicted octanol–water partition coefficient (Wildman–Crippen LogP) is -0.257. The molecular weight excluding hydrogens is 158 g/mol. The maximum Gasteiger partial charge on any atom is 0.344 e. The number of carbonyl (C=O) groups is 1. The van der Waals surface area contributed by atoms with E-state index in [1.165, 1.54) is 6.08 Å². The van der Waals surface area contributed by atoms with Crippen LogP contribution in [0.15, 0.2) is 12.2 Å². The molecule has 1 saturated heterocycles. The zero-order valence-corrected chi connectivity index (χ0v) is 6.23. The number of aliphatic hydroxyl groups is 1. The first-order valence-electron chi connectivity index (χ1n) is 3.69. The van der Waals surface area contributed by atoms with Gasteiger partial charge in [-0.1, -0.05) is 0 Å². The van der Waals surface area contributed by atoms with Crippen LogP contribution in [0, 0.1) is 17.2 Å². The number of nitrogens with zero attached hydrogens (tertiary/aromatic N) is 1. The zero-order chi connectivity index (χ0) is 8.77. The standard InChI is InChI=1S/C8H7NO3/c9-4-5-3-6-1-2-8(5,11)7(10)12-6/h1-2,5-6,11H,3H2/t5-,6+,8+/m0/s1. The van der Waals surface area contributed by atoms with Gasteiger partial charge >= 0.3 is 5.97 Å². The summed E-state index contributed by atoms with van der Waals surface area (Å²) in [6.45, 7) is 0. The Kier molecular flexibility index (Phi) is 1.27. The summed E-state index contributed by atoms with van der Waals surface area (Å²) >= 11 is 0. The lowest BCUT2D eigenvalue weighted by atomic mass is 9.77. The van der Waals surface area contributed by atoms with Crippen molar-refractivity contribution in [2.75, 3.05) is 0 Å². The minimum Gasteiger partial charge on any atom is -0.456 e. The van der Waals surface area contributed by atoms with Crippen molar-refractivity contribution in [3.8, 4) is 6.07 Å². The molecule has 0 spiro atoms. The highest BCUT2D eigenvalue weighted by Crippen LogP contribution is 2.36. The van der Waals surface area contributed by atoms with Crippen molar-refractivity contribution in [3.05, 3.63) is 12.2 Å². The molecule has 62 valence electrons. The Morgan fingerprint density at radius 1 is 1.83 bits per heavy atom. The molecule has 2 bridgehead atoms. The Hall–Kier alpha value is -1.34. The summed E-state index contributed by atoms with van der Waals surface area (Å²) in [7, 11) is 0. The fourth-order valence-electron chi connectivity index (χ4n) is 1.54. The van der Waals surface area contributed by atoms with Crippen molar-refractivity contribution < 1.29 is 14.6 Å². The van der Waals surface area contributed by atoms with Crippen molar-refractivity contribution in [2.24, 2.45) is 5.92 Å². The summed E-state index contributed by atoms with van der Waals surface area (Å²) in [5.41, 5.74) is -1.69. The van der Waals surface area contributed by atoms with E-state index >= 15 is 0 Å². The molecule has 4 heteroatoms. The van der Waals surface area contributed by atoms with Crippen LogP contribution in [0.25, 0.3) is 0 Å². The minimum absolute atomic E-state index is 0.323. The molecule has 1 aliphatic carbocycles. The molecule has 12 heavy (non-hydrogen) atoms. The molecule has 2 heterocycles. The van der Waals surface area contributed by atoms with Crippen molar-refractivity contribution >= 4 is 5.97 Å². The third kappa shape index (κ3) is 0.715. The van der Waals surface area contributed by atoms with Gasteiger partial charge in [-0.3, -0.25) is 0 Å². The molecule has 0 radical (unpaired) electrons. The number of hydrogen-bond donors (Lipinski definition) is 1. The van der Waals surface area contributed by atoms with Crippen LogP contribution < -0.4 is 0 Å². The van der Waals surface area contributed by atoms with E-state index in [2.05, 4.69) is 0 Å². The minimum atomic E-state index is -1.69. The highest BCUT2D eigenvalue weighted by Gasteiger charge is 2.52. The van der Waals surface area contributed by atoms with Gasteiger partial charge < -0.3 is 9.84 Å². The third-order valence-electron chi connectivity index (χ3n) is 2.31. The van der Waals surface area contributed by atoms with Gasteiger partial charge in [0.2, 0.25) is 0 Å². The molecule has 0 aromatic carbocycles. The molecule has 0 amide bonds. The van der Waals surface area contributed by atoms with Crippen LogP contribution in [0.1, 0.15) is 6.42 Å². The Morgan fingerprint density at radius 2 is 2.58 bits per heavy atom. The molecule has 1 fully saturated rings. The van der Waals surface area contributed by atoms with Crippen LogP contribution in [0.5, 0.6) is 0 Å². The van der Waals surface area contributed by atoms with E-state index in [1.807, 2.05) is 6.07 Å². The quantitative estimate of drug-likeness (QED) is 0.396. The molecule has 1 N–H and O–H groups in total. The molecule has 2 aliphatic heterocycles. The molecule has 0 saturated carbocycles. The van der Waals surface area contributed by atoms with E-state index in [-0.39, 0.29) is 6.10 Å². The Morgan fingerprint density at radius 3 is 3.08 bits per heavy atom. The van der Waals surface area contributed by atoms with Crippen molar-refractivity contribution in [2.45, 2.75) is 18.1 Å². The summed E-state index contributed by atoms with van der Waals surface area (Å²) in [6.07, 6.45) is 3.06. The number of ether oxygens (including phenoxy) is 1. The van der Waals surface area contributed by atoms with Crippen LogP contribution >= 0.6 is 0 Å². The summed E-state index contributed by atoms with van der Waals surface area (Å²) in [5.74, 6) is -1.36. The van der Waals surface area contributed by atoms with Gasteiger partial charge in [-0.2, -0.15) is 5.26 Å². The smallest absolute Gasteiger partial charge is 0.344 e. The largest absolute Gasteiger partial charge is 0.456 e. The van der Waals surface area contributed by atoms with Gasteiger partial charge in [-0.25, -0.2) is 4.79 Å². The van der Waals surface area contributed by atoms with Crippen LogP contribution in [0.3, 0.4) is 0 Å². The highest BCUT2D eigenvalue weighted by atomic mass is 16.6. The number of esters is 1. The van der Waals surface area contributed by atoms with E-state index in [9.17, 15) is 9.90 Å². The monoisotopic (exact) mass is 165 g/mol. The second-order valence-electron chi connectivity index (χ2n) is 3.05. The Balaban J connectivity index is 2.45. The number of hydrogen-bond acceptors (Lipinski definition) is 4. The Bertz CT molecular complexity index is 304. The van der Waals surface area contributed by atoms with Gasteiger partial charge in [0.1, 0.15) is 6.10 Å². The normalized spacial score (nSPS) is 43.8. The van der Waals surface area contributed by atoms with Crippen molar-refractivity contribution in [1.82, 2.24) is 0 Å². The molecule has 0 unspecified atom stereocenters. The summed E-state index contributed by atoms with van der Waals surface area (Å²) in [4.78, 5) is 11.1. The SMILES string of the molecule is N#C[C@@H]1C[C@H]2C=C[C@]1(O)C(=O)O2. The number of carbonyl (C=O) groups excluding carboxylic acids is 1. The van der Waals surface area contributed by atoms with Crippen LogP contribution in [-0.4, -0.2) is 22.8 Å². The summed E-state index contributed by atoms with van der Waals surface area (Å²) < 4.78 is 4.79. The fourth-order valence-corrected chi connectivity index (χ4v) is 1.54. The summed E-state index contributed by atoms with van der Waals surface area (Å²) in [6, 6.07) is 1.90. The van der Waals surface area contributed by atoms with E-state index in [0.29, 0.717) is 6.42 Å². The van der Waals surface area contributed by atoms with Crippen molar-refractivity contribution in [1.29, 1.82) is 5.26 Å².